The lowest BCUT2D eigenvalue weighted by atomic mass is 9.86. The summed E-state index contributed by atoms with van der Waals surface area (Å²) in [7, 11) is 0. The molecule has 19 heavy (non-hydrogen) atoms. The fourth-order valence-electron chi connectivity index (χ4n) is 4.18. The summed E-state index contributed by atoms with van der Waals surface area (Å²) in [6.07, 6.45) is 10.9. The second-order valence-corrected chi connectivity index (χ2v) is 8.40. The van der Waals surface area contributed by atoms with Crippen LogP contribution in [0.1, 0.15) is 52.4 Å². The molecular formula is C16H30N2S. The standard InChI is InChI=1S/C16H30N2S/c1-12-10-17-16(2,13-4-5-13)11-18(12)14-6-8-15(19-3)9-7-14/h12-15,17H,4-11H2,1-3H3. The highest BCUT2D eigenvalue weighted by Crippen LogP contribution is 2.42. The Morgan fingerprint density at radius 2 is 1.79 bits per heavy atom. The van der Waals surface area contributed by atoms with E-state index < -0.39 is 0 Å². The van der Waals surface area contributed by atoms with Crippen molar-refractivity contribution in [3.63, 3.8) is 0 Å². The van der Waals surface area contributed by atoms with Gasteiger partial charge in [-0.15, -0.1) is 0 Å². The maximum atomic E-state index is 3.85. The molecule has 0 aromatic carbocycles. The summed E-state index contributed by atoms with van der Waals surface area (Å²) in [5.41, 5.74) is 0.406. The van der Waals surface area contributed by atoms with Crippen LogP contribution in [0.3, 0.4) is 0 Å². The lowest BCUT2D eigenvalue weighted by Crippen LogP contribution is -2.65. The molecule has 2 nitrogen and oxygen atoms in total. The maximum absolute atomic E-state index is 3.85. The second-order valence-electron chi connectivity index (χ2n) is 7.26. The summed E-state index contributed by atoms with van der Waals surface area (Å²) in [4.78, 5) is 2.85. The van der Waals surface area contributed by atoms with Crippen molar-refractivity contribution in [3.8, 4) is 0 Å². The number of nitrogens with one attached hydrogen (secondary N) is 1. The number of hydrogen-bond acceptors (Lipinski definition) is 3. The lowest BCUT2D eigenvalue weighted by molar-refractivity contribution is 0.0325. The van der Waals surface area contributed by atoms with Crippen molar-refractivity contribution in [2.45, 2.75) is 75.2 Å². The quantitative estimate of drug-likeness (QED) is 0.856. The van der Waals surface area contributed by atoms with E-state index in [2.05, 4.69) is 42.1 Å². The molecule has 3 rings (SSSR count). The number of hydrogen-bond donors (Lipinski definition) is 1. The molecule has 1 heterocycles. The Balaban J connectivity index is 1.62. The zero-order valence-electron chi connectivity index (χ0n) is 12.8. The summed E-state index contributed by atoms with van der Waals surface area (Å²) in [6.45, 7) is 7.36. The molecule has 0 radical (unpaired) electrons. The molecule has 3 fully saturated rings. The molecule has 0 spiro atoms. The Hall–Kier alpha value is 0.270. The van der Waals surface area contributed by atoms with Crippen LogP contribution in [0.15, 0.2) is 0 Å². The van der Waals surface area contributed by atoms with Crippen molar-refractivity contribution in [1.82, 2.24) is 10.2 Å². The van der Waals surface area contributed by atoms with Gasteiger partial charge in [0.25, 0.3) is 0 Å². The minimum absolute atomic E-state index is 0.406. The van der Waals surface area contributed by atoms with Crippen molar-refractivity contribution in [3.05, 3.63) is 0 Å². The fraction of sp³-hybridized carbons (Fsp3) is 1.00. The number of thioether (sulfide) groups is 1. The third-order valence-electron chi connectivity index (χ3n) is 5.80. The third kappa shape index (κ3) is 2.98. The van der Waals surface area contributed by atoms with E-state index in [1.807, 2.05) is 0 Å². The van der Waals surface area contributed by atoms with Crippen molar-refractivity contribution >= 4 is 11.8 Å². The minimum Gasteiger partial charge on any atom is -0.308 e. The van der Waals surface area contributed by atoms with E-state index in [-0.39, 0.29) is 0 Å². The smallest absolute Gasteiger partial charge is 0.0309 e. The van der Waals surface area contributed by atoms with E-state index >= 15 is 0 Å². The zero-order chi connectivity index (χ0) is 13.5. The van der Waals surface area contributed by atoms with Gasteiger partial charge in [0.1, 0.15) is 0 Å². The van der Waals surface area contributed by atoms with Gasteiger partial charge in [-0.2, -0.15) is 11.8 Å². The van der Waals surface area contributed by atoms with Crippen LogP contribution in [-0.2, 0) is 0 Å². The van der Waals surface area contributed by atoms with Crippen LogP contribution >= 0.6 is 11.8 Å². The van der Waals surface area contributed by atoms with Crippen molar-refractivity contribution in [2.24, 2.45) is 5.92 Å². The summed E-state index contributed by atoms with van der Waals surface area (Å²) in [5, 5.41) is 4.78. The molecule has 2 aliphatic carbocycles. The van der Waals surface area contributed by atoms with E-state index in [1.165, 1.54) is 51.6 Å². The molecule has 0 amide bonds. The molecule has 0 aromatic rings. The molecule has 3 aliphatic rings. The Bertz CT molecular complexity index is 310. The van der Waals surface area contributed by atoms with Crippen LogP contribution in [0.4, 0.5) is 0 Å². The van der Waals surface area contributed by atoms with Crippen LogP contribution in [0, 0.1) is 5.92 Å². The minimum atomic E-state index is 0.406. The van der Waals surface area contributed by atoms with E-state index in [0.717, 1.165) is 23.3 Å². The fourth-order valence-corrected chi connectivity index (χ4v) is 4.93. The first-order valence-corrected chi connectivity index (χ1v) is 9.45. The normalized spacial score (nSPS) is 45.3. The Kier molecular flexibility index (Phi) is 4.17. The molecule has 0 bridgehead atoms. The highest BCUT2D eigenvalue weighted by molar-refractivity contribution is 7.99. The Morgan fingerprint density at radius 1 is 1.11 bits per heavy atom. The molecule has 1 N–H and O–H groups in total. The summed E-state index contributed by atoms with van der Waals surface area (Å²) in [5.74, 6) is 0.949. The van der Waals surface area contributed by atoms with Crippen molar-refractivity contribution in [1.29, 1.82) is 0 Å². The Morgan fingerprint density at radius 3 is 2.37 bits per heavy atom. The molecule has 2 unspecified atom stereocenters. The summed E-state index contributed by atoms with van der Waals surface area (Å²) < 4.78 is 0. The number of nitrogens with zero attached hydrogens (tertiary/aromatic N) is 1. The molecule has 0 aromatic heterocycles. The van der Waals surface area contributed by atoms with E-state index in [4.69, 9.17) is 0 Å². The Labute approximate surface area is 123 Å². The van der Waals surface area contributed by atoms with Gasteiger partial charge in [0, 0.05) is 36.0 Å². The summed E-state index contributed by atoms with van der Waals surface area (Å²) >= 11 is 2.08. The lowest BCUT2D eigenvalue weighted by Gasteiger charge is -2.50. The maximum Gasteiger partial charge on any atom is 0.0309 e. The van der Waals surface area contributed by atoms with Gasteiger partial charge >= 0.3 is 0 Å². The SMILES string of the molecule is CSC1CCC(N2CC(C)(C3CC3)NCC2C)CC1. The van der Waals surface area contributed by atoms with E-state index in [1.54, 1.807) is 0 Å². The van der Waals surface area contributed by atoms with Crippen LogP contribution in [0.25, 0.3) is 0 Å². The number of rotatable bonds is 3. The first-order chi connectivity index (χ1) is 9.12. The molecule has 3 heteroatoms. The van der Waals surface area contributed by atoms with Gasteiger partial charge in [0.2, 0.25) is 0 Å². The van der Waals surface area contributed by atoms with Gasteiger partial charge in [-0.05, 0) is 64.5 Å². The van der Waals surface area contributed by atoms with Gasteiger partial charge < -0.3 is 5.32 Å². The average molecular weight is 282 g/mol. The van der Waals surface area contributed by atoms with Gasteiger partial charge in [-0.1, -0.05) is 0 Å². The largest absolute Gasteiger partial charge is 0.308 e. The third-order valence-corrected chi connectivity index (χ3v) is 6.94. The van der Waals surface area contributed by atoms with Crippen LogP contribution in [-0.4, -0.2) is 47.1 Å². The van der Waals surface area contributed by atoms with Crippen molar-refractivity contribution in [2.75, 3.05) is 19.3 Å². The average Bonchev–Trinajstić information content (AvgIpc) is 3.27. The topological polar surface area (TPSA) is 15.3 Å². The van der Waals surface area contributed by atoms with Crippen molar-refractivity contribution < 1.29 is 0 Å². The van der Waals surface area contributed by atoms with Crippen LogP contribution in [0.5, 0.6) is 0 Å². The highest BCUT2D eigenvalue weighted by atomic mass is 32.2. The number of piperazine rings is 1. The van der Waals surface area contributed by atoms with Gasteiger partial charge in [-0.25, -0.2) is 0 Å². The van der Waals surface area contributed by atoms with Gasteiger partial charge in [0.05, 0.1) is 0 Å². The second kappa shape index (κ2) is 5.57. The van der Waals surface area contributed by atoms with Crippen LogP contribution in [0.2, 0.25) is 0 Å². The van der Waals surface area contributed by atoms with Gasteiger partial charge in [0.15, 0.2) is 0 Å². The predicted octanol–water partition coefficient (Wildman–Crippen LogP) is 3.12. The van der Waals surface area contributed by atoms with Gasteiger partial charge in [-0.3, -0.25) is 4.90 Å². The molecule has 1 saturated heterocycles. The highest BCUT2D eigenvalue weighted by Gasteiger charge is 2.46. The molecule has 110 valence electrons. The molecule has 2 atom stereocenters. The zero-order valence-corrected chi connectivity index (χ0v) is 13.6. The molecule has 1 aliphatic heterocycles. The molecular weight excluding hydrogens is 252 g/mol. The van der Waals surface area contributed by atoms with Crippen LogP contribution < -0.4 is 5.32 Å². The van der Waals surface area contributed by atoms with E-state index in [0.29, 0.717) is 5.54 Å². The van der Waals surface area contributed by atoms with E-state index in [9.17, 15) is 0 Å². The predicted molar refractivity (Wildman–Crippen MR) is 84.9 cm³/mol. The molecule has 2 saturated carbocycles. The monoisotopic (exact) mass is 282 g/mol. The first kappa shape index (κ1) is 14.2. The summed E-state index contributed by atoms with van der Waals surface area (Å²) in [6, 6.07) is 1.58. The first-order valence-electron chi connectivity index (χ1n) is 8.16.